The predicted molar refractivity (Wildman–Crippen MR) is 43.2 cm³/mol. The minimum Gasteiger partial charge on any atom is -0.234 e. The number of hydrogen-bond acceptors (Lipinski definition) is 2. The molecule has 4 heteroatoms. The standard InChI is InChI=1S/C8H5N2O2/c11-10(12)9-6-5-7-3-1-2-4-8(7)9/h1-5H. The van der Waals surface area contributed by atoms with Gasteiger partial charge in [-0.1, -0.05) is 22.9 Å². The van der Waals surface area contributed by atoms with E-state index in [4.69, 9.17) is 0 Å². The van der Waals surface area contributed by atoms with Crippen LogP contribution in [0.15, 0.2) is 30.3 Å². The molecular formula is C8H5N2O2. The first-order chi connectivity index (χ1) is 5.79. The maximum Gasteiger partial charge on any atom is 0.170 e. The van der Waals surface area contributed by atoms with Crippen LogP contribution in [-0.4, -0.2) is 9.71 Å². The second-order valence-corrected chi connectivity index (χ2v) is 2.38. The van der Waals surface area contributed by atoms with Crippen LogP contribution in [0.1, 0.15) is 0 Å². The van der Waals surface area contributed by atoms with Gasteiger partial charge >= 0.3 is 0 Å². The van der Waals surface area contributed by atoms with E-state index in [1.54, 1.807) is 18.2 Å². The van der Waals surface area contributed by atoms with Crippen molar-refractivity contribution in [3.63, 3.8) is 0 Å². The zero-order chi connectivity index (χ0) is 8.55. The Balaban J connectivity index is 2.79. The number of benzene rings is 1. The lowest BCUT2D eigenvalue weighted by Crippen LogP contribution is -2.06. The molecule has 0 spiro atoms. The molecule has 2 aromatic rings. The first-order valence-electron chi connectivity index (χ1n) is 3.42. The van der Waals surface area contributed by atoms with Gasteiger partial charge in [0.25, 0.3) is 0 Å². The number of para-hydroxylation sites is 1. The van der Waals surface area contributed by atoms with Gasteiger partial charge < -0.3 is 0 Å². The van der Waals surface area contributed by atoms with E-state index in [2.05, 4.69) is 6.20 Å². The van der Waals surface area contributed by atoms with Crippen LogP contribution in [0.2, 0.25) is 0 Å². The molecule has 1 aromatic heterocycles. The molecule has 0 unspecified atom stereocenters. The summed E-state index contributed by atoms with van der Waals surface area (Å²) in [5.74, 6) is 0. The van der Waals surface area contributed by atoms with E-state index in [9.17, 15) is 10.1 Å². The van der Waals surface area contributed by atoms with Gasteiger partial charge in [0.2, 0.25) is 0 Å². The van der Waals surface area contributed by atoms with Crippen molar-refractivity contribution >= 4 is 10.9 Å². The molecule has 0 aliphatic carbocycles. The van der Waals surface area contributed by atoms with Crippen LogP contribution in [0.5, 0.6) is 0 Å². The van der Waals surface area contributed by atoms with E-state index in [1.165, 1.54) is 0 Å². The molecule has 0 atom stereocenters. The average molecular weight is 161 g/mol. The number of aromatic nitrogens is 1. The molecule has 0 saturated heterocycles. The predicted octanol–water partition coefficient (Wildman–Crippen LogP) is 1.48. The van der Waals surface area contributed by atoms with Gasteiger partial charge in [-0.15, -0.1) is 0 Å². The SMILES string of the molecule is O=[N+]([O-])n1[c]cc2ccccc21. The number of fused-ring (bicyclic) bond motifs is 1. The maximum absolute atomic E-state index is 10.4. The largest absolute Gasteiger partial charge is 0.234 e. The normalized spacial score (nSPS) is 10.3. The fraction of sp³-hybridized carbons (Fsp3) is 0. The number of rotatable bonds is 1. The molecule has 0 aliphatic heterocycles. The Morgan fingerprint density at radius 1 is 1.42 bits per heavy atom. The molecule has 0 saturated carbocycles. The summed E-state index contributed by atoms with van der Waals surface area (Å²) in [6.45, 7) is 0. The van der Waals surface area contributed by atoms with E-state index < -0.39 is 5.03 Å². The third-order valence-electron chi connectivity index (χ3n) is 1.67. The van der Waals surface area contributed by atoms with Gasteiger partial charge in [-0.2, -0.15) is 0 Å². The minimum atomic E-state index is -0.498. The molecule has 1 heterocycles. The molecule has 12 heavy (non-hydrogen) atoms. The molecule has 59 valence electrons. The van der Waals surface area contributed by atoms with Crippen molar-refractivity contribution in [3.8, 4) is 0 Å². The molecule has 1 radical (unpaired) electrons. The van der Waals surface area contributed by atoms with E-state index in [1.807, 2.05) is 12.1 Å². The molecule has 0 fully saturated rings. The Kier molecular flexibility index (Phi) is 1.33. The van der Waals surface area contributed by atoms with Gasteiger partial charge in [0.15, 0.2) is 5.03 Å². The van der Waals surface area contributed by atoms with Crippen LogP contribution in [0, 0.1) is 16.3 Å². The highest BCUT2D eigenvalue weighted by molar-refractivity contribution is 5.79. The summed E-state index contributed by atoms with van der Waals surface area (Å²) in [6.07, 6.45) is 2.53. The summed E-state index contributed by atoms with van der Waals surface area (Å²) in [5, 5.41) is 10.7. The zero-order valence-electron chi connectivity index (χ0n) is 6.10. The van der Waals surface area contributed by atoms with Crippen molar-refractivity contribution in [1.82, 2.24) is 4.68 Å². The summed E-state index contributed by atoms with van der Waals surface area (Å²) in [4.78, 5) is 10.4. The van der Waals surface area contributed by atoms with Gasteiger partial charge in [0.05, 0.1) is 0 Å². The fourth-order valence-corrected chi connectivity index (χ4v) is 1.14. The number of nitro groups is 1. The van der Waals surface area contributed by atoms with Gasteiger partial charge in [0, 0.05) is 5.39 Å². The number of nitrogens with zero attached hydrogens (tertiary/aromatic N) is 2. The van der Waals surface area contributed by atoms with Crippen molar-refractivity contribution in [2.24, 2.45) is 0 Å². The van der Waals surface area contributed by atoms with Crippen molar-refractivity contribution in [3.05, 3.63) is 46.6 Å². The van der Waals surface area contributed by atoms with E-state index >= 15 is 0 Å². The van der Waals surface area contributed by atoms with Crippen LogP contribution in [-0.2, 0) is 0 Å². The molecule has 2 rings (SSSR count). The Labute approximate surface area is 68.2 Å². The number of hydrogen-bond donors (Lipinski definition) is 0. The van der Waals surface area contributed by atoms with Crippen LogP contribution in [0.4, 0.5) is 0 Å². The van der Waals surface area contributed by atoms with Crippen molar-refractivity contribution in [2.75, 3.05) is 0 Å². The fourth-order valence-electron chi connectivity index (χ4n) is 1.14. The van der Waals surface area contributed by atoms with Crippen LogP contribution in [0.3, 0.4) is 0 Å². The molecule has 4 nitrogen and oxygen atoms in total. The Bertz CT molecular complexity index is 433. The summed E-state index contributed by atoms with van der Waals surface area (Å²) < 4.78 is 0.884. The first kappa shape index (κ1) is 6.84. The molecule has 1 aromatic carbocycles. The highest BCUT2D eigenvalue weighted by Crippen LogP contribution is 2.13. The summed E-state index contributed by atoms with van der Waals surface area (Å²) >= 11 is 0. The third kappa shape index (κ3) is 0.852. The lowest BCUT2D eigenvalue weighted by Gasteiger charge is -1.91. The minimum absolute atomic E-state index is 0.498. The smallest absolute Gasteiger partial charge is 0.170 e. The lowest BCUT2D eigenvalue weighted by molar-refractivity contribution is -0.538. The highest BCUT2D eigenvalue weighted by Gasteiger charge is 2.06. The van der Waals surface area contributed by atoms with Crippen molar-refractivity contribution in [1.29, 1.82) is 0 Å². The van der Waals surface area contributed by atoms with Crippen LogP contribution >= 0.6 is 0 Å². The van der Waals surface area contributed by atoms with Gasteiger partial charge in [-0.25, -0.2) is 10.1 Å². The average Bonchev–Trinajstić information content (AvgIpc) is 2.47. The third-order valence-corrected chi connectivity index (χ3v) is 1.67. The second kappa shape index (κ2) is 2.34. The Morgan fingerprint density at radius 2 is 2.17 bits per heavy atom. The van der Waals surface area contributed by atoms with E-state index in [-0.39, 0.29) is 0 Å². The quantitative estimate of drug-likeness (QED) is 0.469. The zero-order valence-corrected chi connectivity index (χ0v) is 6.10. The summed E-state index contributed by atoms with van der Waals surface area (Å²) in [7, 11) is 0. The lowest BCUT2D eigenvalue weighted by atomic mass is 10.3. The molecule has 0 N–H and O–H groups in total. The Morgan fingerprint density at radius 3 is 2.92 bits per heavy atom. The van der Waals surface area contributed by atoms with E-state index in [0.29, 0.717) is 5.52 Å². The summed E-state index contributed by atoms with van der Waals surface area (Å²) in [5.41, 5.74) is 0.572. The molecular weight excluding hydrogens is 156 g/mol. The highest BCUT2D eigenvalue weighted by atomic mass is 16.7. The van der Waals surface area contributed by atoms with Crippen molar-refractivity contribution in [2.45, 2.75) is 0 Å². The van der Waals surface area contributed by atoms with Crippen molar-refractivity contribution < 1.29 is 5.03 Å². The second-order valence-electron chi connectivity index (χ2n) is 2.38. The monoisotopic (exact) mass is 161 g/mol. The van der Waals surface area contributed by atoms with Gasteiger partial charge in [-0.05, 0) is 12.1 Å². The van der Waals surface area contributed by atoms with Crippen LogP contribution in [0.25, 0.3) is 10.9 Å². The Hall–Kier alpha value is -1.84. The topological polar surface area (TPSA) is 48.1 Å². The molecule has 0 aliphatic rings. The van der Waals surface area contributed by atoms with Crippen LogP contribution < -0.4 is 0 Å². The summed E-state index contributed by atoms with van der Waals surface area (Å²) in [6, 6.07) is 8.69. The first-order valence-corrected chi connectivity index (χ1v) is 3.42. The van der Waals surface area contributed by atoms with Gasteiger partial charge in [-0.3, -0.25) is 0 Å². The van der Waals surface area contributed by atoms with E-state index in [0.717, 1.165) is 10.1 Å². The molecule has 0 amide bonds. The van der Waals surface area contributed by atoms with Gasteiger partial charge in [0.1, 0.15) is 11.7 Å². The molecule has 0 bridgehead atoms. The maximum atomic E-state index is 10.4.